The van der Waals surface area contributed by atoms with Crippen LogP contribution in [0.4, 0.5) is 5.69 Å². The molecular formula is C20H27ClN4O. The van der Waals surface area contributed by atoms with E-state index in [4.69, 9.17) is 0 Å². The van der Waals surface area contributed by atoms with Crippen molar-refractivity contribution in [3.8, 4) is 11.4 Å². The molecule has 1 unspecified atom stereocenters. The van der Waals surface area contributed by atoms with Gasteiger partial charge in [-0.05, 0) is 75.0 Å². The van der Waals surface area contributed by atoms with Gasteiger partial charge in [-0.1, -0.05) is 6.92 Å². The Morgan fingerprint density at radius 3 is 2.58 bits per heavy atom. The van der Waals surface area contributed by atoms with Crippen molar-refractivity contribution >= 4 is 24.0 Å². The normalized spacial score (nSPS) is 15.8. The number of amides is 1. The minimum atomic E-state index is 0. The number of aromatic nitrogens is 2. The summed E-state index contributed by atoms with van der Waals surface area (Å²) in [5.41, 5.74) is 2.71. The number of hydrogen-bond donors (Lipinski definition) is 2. The van der Waals surface area contributed by atoms with Crippen molar-refractivity contribution in [1.82, 2.24) is 15.3 Å². The monoisotopic (exact) mass is 374 g/mol. The first-order chi connectivity index (χ1) is 12.1. The SMILES string of the molecule is Cc1ccnc(-c2ccc(NC(=O)CC(C)C3CCNCC3)cc2)n1.Cl. The highest BCUT2D eigenvalue weighted by atomic mass is 35.5. The van der Waals surface area contributed by atoms with E-state index < -0.39 is 0 Å². The Kier molecular flexibility index (Phi) is 7.54. The summed E-state index contributed by atoms with van der Waals surface area (Å²) in [7, 11) is 0. The van der Waals surface area contributed by atoms with E-state index in [2.05, 4.69) is 27.5 Å². The van der Waals surface area contributed by atoms with Crippen LogP contribution in [0.5, 0.6) is 0 Å². The van der Waals surface area contributed by atoms with Gasteiger partial charge < -0.3 is 10.6 Å². The van der Waals surface area contributed by atoms with E-state index in [9.17, 15) is 4.79 Å². The lowest BCUT2D eigenvalue weighted by Crippen LogP contribution is -2.32. The molecule has 2 heterocycles. The Morgan fingerprint density at radius 1 is 1.23 bits per heavy atom. The molecule has 0 spiro atoms. The van der Waals surface area contributed by atoms with Gasteiger partial charge in [-0.3, -0.25) is 4.79 Å². The number of hydrogen-bond acceptors (Lipinski definition) is 4. The van der Waals surface area contributed by atoms with E-state index in [0.717, 1.165) is 30.0 Å². The second-order valence-corrected chi connectivity index (χ2v) is 6.92. The number of halogens is 1. The van der Waals surface area contributed by atoms with Crippen molar-refractivity contribution in [2.24, 2.45) is 11.8 Å². The van der Waals surface area contributed by atoms with Crippen LogP contribution < -0.4 is 10.6 Å². The van der Waals surface area contributed by atoms with Gasteiger partial charge in [0, 0.05) is 29.6 Å². The van der Waals surface area contributed by atoms with E-state index >= 15 is 0 Å². The van der Waals surface area contributed by atoms with Crippen LogP contribution in [-0.2, 0) is 4.79 Å². The summed E-state index contributed by atoms with van der Waals surface area (Å²) >= 11 is 0. The molecule has 1 aromatic carbocycles. The lowest BCUT2D eigenvalue weighted by molar-refractivity contribution is -0.117. The van der Waals surface area contributed by atoms with Crippen LogP contribution in [0.25, 0.3) is 11.4 Å². The van der Waals surface area contributed by atoms with Gasteiger partial charge in [-0.15, -0.1) is 12.4 Å². The molecule has 1 aliphatic rings. The lowest BCUT2D eigenvalue weighted by atomic mass is 9.84. The van der Waals surface area contributed by atoms with E-state index in [-0.39, 0.29) is 18.3 Å². The Morgan fingerprint density at radius 2 is 1.92 bits per heavy atom. The highest BCUT2D eigenvalue weighted by molar-refractivity contribution is 5.91. The van der Waals surface area contributed by atoms with Crippen molar-refractivity contribution in [3.63, 3.8) is 0 Å². The third-order valence-electron chi connectivity index (χ3n) is 4.92. The number of carbonyl (C=O) groups is 1. The fourth-order valence-electron chi connectivity index (χ4n) is 3.38. The third-order valence-corrected chi connectivity index (χ3v) is 4.92. The van der Waals surface area contributed by atoms with Gasteiger partial charge in [0.05, 0.1) is 0 Å². The van der Waals surface area contributed by atoms with Crippen molar-refractivity contribution < 1.29 is 4.79 Å². The van der Waals surface area contributed by atoms with Crippen molar-refractivity contribution in [3.05, 3.63) is 42.2 Å². The van der Waals surface area contributed by atoms with Crippen LogP contribution >= 0.6 is 12.4 Å². The Balaban J connectivity index is 0.00000243. The summed E-state index contributed by atoms with van der Waals surface area (Å²) in [6.45, 7) is 6.27. The summed E-state index contributed by atoms with van der Waals surface area (Å²) in [5.74, 6) is 1.86. The molecule has 1 atom stereocenters. The van der Waals surface area contributed by atoms with E-state index in [1.165, 1.54) is 12.8 Å². The molecule has 1 aliphatic heterocycles. The van der Waals surface area contributed by atoms with Gasteiger partial charge in [-0.25, -0.2) is 9.97 Å². The van der Waals surface area contributed by atoms with Gasteiger partial charge in [0.15, 0.2) is 5.82 Å². The van der Waals surface area contributed by atoms with Crippen LogP contribution in [-0.4, -0.2) is 29.0 Å². The zero-order chi connectivity index (χ0) is 17.6. The van der Waals surface area contributed by atoms with Crippen molar-refractivity contribution in [2.45, 2.75) is 33.1 Å². The highest BCUT2D eigenvalue weighted by Gasteiger charge is 2.22. The third kappa shape index (κ3) is 5.51. The molecule has 2 N–H and O–H groups in total. The van der Waals surface area contributed by atoms with Gasteiger partial charge in [0.2, 0.25) is 5.91 Å². The first kappa shape index (κ1) is 20.3. The minimum Gasteiger partial charge on any atom is -0.326 e. The molecule has 0 bridgehead atoms. The van der Waals surface area contributed by atoms with Gasteiger partial charge in [0.25, 0.3) is 0 Å². The number of carbonyl (C=O) groups excluding carboxylic acids is 1. The van der Waals surface area contributed by atoms with E-state index in [1.54, 1.807) is 6.20 Å². The molecule has 3 rings (SSSR count). The van der Waals surface area contributed by atoms with E-state index in [0.29, 0.717) is 24.1 Å². The number of nitrogens with zero attached hydrogens (tertiary/aromatic N) is 2. The minimum absolute atomic E-state index is 0. The number of anilines is 1. The number of rotatable bonds is 5. The van der Waals surface area contributed by atoms with Crippen LogP contribution in [0.15, 0.2) is 36.5 Å². The maximum atomic E-state index is 12.3. The number of aryl methyl sites for hydroxylation is 1. The van der Waals surface area contributed by atoms with E-state index in [1.807, 2.05) is 37.3 Å². The van der Waals surface area contributed by atoms with Crippen LogP contribution in [0, 0.1) is 18.8 Å². The molecule has 0 aliphatic carbocycles. The summed E-state index contributed by atoms with van der Waals surface area (Å²) in [6.07, 6.45) is 4.67. The second kappa shape index (κ2) is 9.64. The Labute approximate surface area is 161 Å². The fourth-order valence-corrected chi connectivity index (χ4v) is 3.38. The largest absolute Gasteiger partial charge is 0.326 e. The molecule has 1 saturated heterocycles. The van der Waals surface area contributed by atoms with Gasteiger partial charge in [0.1, 0.15) is 0 Å². The quantitative estimate of drug-likeness (QED) is 0.834. The zero-order valence-electron chi connectivity index (χ0n) is 15.4. The molecule has 140 valence electrons. The number of nitrogens with one attached hydrogen (secondary N) is 2. The molecule has 1 fully saturated rings. The Hall–Kier alpha value is -1.98. The standard InChI is InChI=1S/C20H26N4O.ClH/c1-14(16-8-10-21-11-9-16)13-19(25)24-18-5-3-17(4-6-18)20-22-12-7-15(2)23-20;/h3-7,12,14,16,21H,8-11,13H2,1-2H3,(H,24,25);1H. The first-order valence-electron chi connectivity index (χ1n) is 9.02. The first-order valence-corrected chi connectivity index (χ1v) is 9.02. The Bertz CT molecular complexity index is 714. The maximum Gasteiger partial charge on any atom is 0.224 e. The molecule has 5 nitrogen and oxygen atoms in total. The predicted molar refractivity (Wildman–Crippen MR) is 107 cm³/mol. The molecule has 26 heavy (non-hydrogen) atoms. The molecule has 1 aromatic heterocycles. The zero-order valence-corrected chi connectivity index (χ0v) is 16.2. The van der Waals surface area contributed by atoms with Gasteiger partial charge in [-0.2, -0.15) is 0 Å². The molecular weight excluding hydrogens is 348 g/mol. The lowest BCUT2D eigenvalue weighted by Gasteiger charge is -2.27. The molecule has 1 amide bonds. The number of benzene rings is 1. The van der Waals surface area contributed by atoms with Gasteiger partial charge >= 0.3 is 0 Å². The fraction of sp³-hybridized carbons (Fsp3) is 0.450. The van der Waals surface area contributed by atoms with Crippen LogP contribution in [0.3, 0.4) is 0 Å². The molecule has 0 radical (unpaired) electrons. The van der Waals surface area contributed by atoms with Crippen LogP contribution in [0.2, 0.25) is 0 Å². The average Bonchev–Trinajstić information content (AvgIpc) is 2.63. The summed E-state index contributed by atoms with van der Waals surface area (Å²) in [6, 6.07) is 9.59. The summed E-state index contributed by atoms with van der Waals surface area (Å²) in [4.78, 5) is 21.0. The topological polar surface area (TPSA) is 66.9 Å². The molecule has 6 heteroatoms. The van der Waals surface area contributed by atoms with Crippen molar-refractivity contribution in [1.29, 1.82) is 0 Å². The molecule has 2 aromatic rings. The summed E-state index contributed by atoms with van der Waals surface area (Å²) in [5, 5.41) is 6.38. The average molecular weight is 375 g/mol. The number of piperidine rings is 1. The highest BCUT2D eigenvalue weighted by Crippen LogP contribution is 2.25. The second-order valence-electron chi connectivity index (χ2n) is 6.92. The van der Waals surface area contributed by atoms with Crippen LogP contribution in [0.1, 0.15) is 31.9 Å². The molecule has 0 saturated carbocycles. The predicted octanol–water partition coefficient (Wildman–Crippen LogP) is 3.84. The smallest absolute Gasteiger partial charge is 0.224 e. The summed E-state index contributed by atoms with van der Waals surface area (Å²) < 4.78 is 0. The maximum absolute atomic E-state index is 12.3. The van der Waals surface area contributed by atoms with Crippen molar-refractivity contribution in [2.75, 3.05) is 18.4 Å².